The predicted molar refractivity (Wildman–Crippen MR) is 81.7 cm³/mol. The van der Waals surface area contributed by atoms with Crippen LogP contribution < -0.4 is 5.32 Å². The van der Waals surface area contributed by atoms with E-state index in [9.17, 15) is 4.79 Å². The van der Waals surface area contributed by atoms with Crippen molar-refractivity contribution < 1.29 is 4.79 Å². The summed E-state index contributed by atoms with van der Waals surface area (Å²) in [5, 5.41) is 4.86. The largest absolute Gasteiger partial charge is 0.351 e. The lowest BCUT2D eigenvalue weighted by atomic mass is 10.1. The van der Waals surface area contributed by atoms with Crippen molar-refractivity contribution in [1.82, 2.24) is 10.3 Å². The molecule has 1 amide bonds. The zero-order valence-electron chi connectivity index (χ0n) is 10.9. The molecule has 0 radical (unpaired) electrons. The minimum absolute atomic E-state index is 0.104. The lowest BCUT2D eigenvalue weighted by Crippen LogP contribution is -2.27. The molecule has 2 rings (SSSR count). The second kappa shape index (κ2) is 6.66. The molecule has 0 aliphatic carbocycles. The summed E-state index contributed by atoms with van der Waals surface area (Å²) in [5.74, 6) is -0.104. The number of pyridine rings is 1. The third kappa shape index (κ3) is 3.53. The highest BCUT2D eigenvalue weighted by atomic mass is 79.9. The standard InChI is InChI=1S/C15H17BrN2O/c1-2-12(16)8-10-18-15(19)14-13-6-4-3-5-11(13)7-9-17-14/h3-7,9,12H,2,8,10H2,1H3,(H,18,19). The van der Waals surface area contributed by atoms with Gasteiger partial charge in [-0.2, -0.15) is 0 Å². The van der Waals surface area contributed by atoms with Crippen LogP contribution in [0, 0.1) is 0 Å². The molecule has 1 unspecified atom stereocenters. The Labute approximate surface area is 121 Å². The fourth-order valence-electron chi connectivity index (χ4n) is 1.93. The number of fused-ring (bicyclic) bond motifs is 1. The molecule has 1 atom stereocenters. The maximum Gasteiger partial charge on any atom is 0.270 e. The van der Waals surface area contributed by atoms with Crippen molar-refractivity contribution in [2.24, 2.45) is 0 Å². The Morgan fingerprint density at radius 1 is 1.37 bits per heavy atom. The number of carbonyl (C=O) groups excluding carboxylic acids is 1. The van der Waals surface area contributed by atoms with Gasteiger partial charge in [-0.25, -0.2) is 0 Å². The smallest absolute Gasteiger partial charge is 0.270 e. The zero-order chi connectivity index (χ0) is 13.7. The predicted octanol–water partition coefficient (Wildman–Crippen LogP) is 3.53. The quantitative estimate of drug-likeness (QED) is 0.856. The number of nitrogens with zero attached hydrogens (tertiary/aromatic N) is 1. The van der Waals surface area contributed by atoms with E-state index in [-0.39, 0.29) is 5.91 Å². The second-order valence-electron chi connectivity index (χ2n) is 4.43. The van der Waals surface area contributed by atoms with E-state index in [4.69, 9.17) is 0 Å². The Hall–Kier alpha value is -1.42. The van der Waals surface area contributed by atoms with E-state index in [1.54, 1.807) is 6.20 Å². The number of benzene rings is 1. The van der Waals surface area contributed by atoms with Crippen molar-refractivity contribution in [2.75, 3.05) is 6.54 Å². The summed E-state index contributed by atoms with van der Waals surface area (Å²) in [6.45, 7) is 2.78. The van der Waals surface area contributed by atoms with Crippen LogP contribution in [0.4, 0.5) is 0 Å². The van der Waals surface area contributed by atoms with Crippen LogP contribution in [-0.2, 0) is 0 Å². The molecule has 2 aromatic rings. The van der Waals surface area contributed by atoms with Gasteiger partial charge in [0.1, 0.15) is 5.69 Å². The monoisotopic (exact) mass is 320 g/mol. The summed E-state index contributed by atoms with van der Waals surface area (Å²) in [6.07, 6.45) is 3.66. The third-order valence-corrected chi connectivity index (χ3v) is 4.18. The zero-order valence-corrected chi connectivity index (χ0v) is 12.5. The average molecular weight is 321 g/mol. The number of nitrogens with one attached hydrogen (secondary N) is 1. The van der Waals surface area contributed by atoms with Crippen LogP contribution in [0.2, 0.25) is 0 Å². The van der Waals surface area contributed by atoms with E-state index in [1.165, 1.54) is 0 Å². The average Bonchev–Trinajstić information content (AvgIpc) is 2.46. The molecule has 1 N–H and O–H groups in total. The minimum Gasteiger partial charge on any atom is -0.351 e. The van der Waals surface area contributed by atoms with Gasteiger partial charge in [0.05, 0.1) is 0 Å². The fourth-order valence-corrected chi connectivity index (χ4v) is 2.16. The summed E-state index contributed by atoms with van der Waals surface area (Å²) in [6, 6.07) is 9.71. The number of rotatable bonds is 5. The second-order valence-corrected chi connectivity index (χ2v) is 5.73. The summed E-state index contributed by atoms with van der Waals surface area (Å²) in [5.41, 5.74) is 0.501. The highest BCUT2D eigenvalue weighted by molar-refractivity contribution is 9.09. The van der Waals surface area contributed by atoms with Crippen molar-refractivity contribution >= 4 is 32.6 Å². The van der Waals surface area contributed by atoms with E-state index < -0.39 is 0 Å². The molecule has 0 fully saturated rings. The molecule has 0 saturated carbocycles. The van der Waals surface area contributed by atoms with Crippen LogP contribution in [0.1, 0.15) is 30.3 Å². The number of carbonyl (C=O) groups is 1. The number of amides is 1. The maximum absolute atomic E-state index is 12.1. The van der Waals surface area contributed by atoms with Crippen LogP contribution in [0.25, 0.3) is 10.8 Å². The van der Waals surface area contributed by atoms with Crippen molar-refractivity contribution in [2.45, 2.75) is 24.6 Å². The van der Waals surface area contributed by atoms with Gasteiger partial charge in [0.25, 0.3) is 5.91 Å². The van der Waals surface area contributed by atoms with Crippen LogP contribution in [0.15, 0.2) is 36.5 Å². The van der Waals surface area contributed by atoms with Crippen LogP contribution >= 0.6 is 15.9 Å². The molecule has 4 heteroatoms. The molecule has 0 aliphatic heterocycles. The number of hydrogen-bond donors (Lipinski definition) is 1. The van der Waals surface area contributed by atoms with E-state index >= 15 is 0 Å². The molecule has 1 heterocycles. The van der Waals surface area contributed by atoms with Crippen LogP contribution in [-0.4, -0.2) is 22.3 Å². The molecule has 19 heavy (non-hydrogen) atoms. The summed E-state index contributed by atoms with van der Waals surface area (Å²) in [7, 11) is 0. The van der Waals surface area contributed by atoms with Crippen molar-refractivity contribution in [3.8, 4) is 0 Å². The molecule has 3 nitrogen and oxygen atoms in total. The fraction of sp³-hybridized carbons (Fsp3) is 0.333. The van der Waals surface area contributed by atoms with Gasteiger partial charge in [-0.05, 0) is 24.3 Å². The van der Waals surface area contributed by atoms with Gasteiger partial charge in [-0.1, -0.05) is 47.1 Å². The molecule has 1 aromatic carbocycles. The summed E-state index contributed by atoms with van der Waals surface area (Å²) >= 11 is 3.56. The maximum atomic E-state index is 12.1. The topological polar surface area (TPSA) is 42.0 Å². The Kier molecular flexibility index (Phi) is 4.91. The van der Waals surface area contributed by atoms with Crippen LogP contribution in [0.3, 0.4) is 0 Å². The number of aromatic nitrogens is 1. The van der Waals surface area contributed by atoms with Crippen LogP contribution in [0.5, 0.6) is 0 Å². The van der Waals surface area contributed by atoms with Gasteiger partial charge in [-0.15, -0.1) is 0 Å². The van der Waals surface area contributed by atoms with Crippen molar-refractivity contribution in [3.05, 3.63) is 42.2 Å². The highest BCUT2D eigenvalue weighted by Crippen LogP contribution is 2.16. The van der Waals surface area contributed by atoms with Gasteiger partial charge in [0.15, 0.2) is 0 Å². The lowest BCUT2D eigenvalue weighted by molar-refractivity contribution is 0.0950. The Morgan fingerprint density at radius 2 is 2.16 bits per heavy atom. The number of halogens is 1. The van der Waals surface area contributed by atoms with Gasteiger partial charge in [0, 0.05) is 23.0 Å². The molecule has 100 valence electrons. The first kappa shape index (κ1) is 14.0. The summed E-state index contributed by atoms with van der Waals surface area (Å²) < 4.78 is 0. The van der Waals surface area contributed by atoms with Gasteiger partial charge < -0.3 is 5.32 Å². The summed E-state index contributed by atoms with van der Waals surface area (Å²) in [4.78, 5) is 16.8. The third-order valence-electron chi connectivity index (χ3n) is 3.07. The van der Waals surface area contributed by atoms with Crippen molar-refractivity contribution in [3.63, 3.8) is 0 Å². The van der Waals surface area contributed by atoms with Gasteiger partial charge in [0.2, 0.25) is 0 Å². The first-order chi connectivity index (χ1) is 9.22. The molecule has 0 bridgehead atoms. The molecule has 1 aromatic heterocycles. The van der Waals surface area contributed by atoms with Crippen molar-refractivity contribution in [1.29, 1.82) is 0 Å². The number of hydrogen-bond acceptors (Lipinski definition) is 2. The van der Waals surface area contributed by atoms with E-state index in [0.717, 1.165) is 23.6 Å². The first-order valence-electron chi connectivity index (χ1n) is 6.48. The normalized spacial score (nSPS) is 12.3. The Bertz CT molecular complexity index is 566. The SMILES string of the molecule is CCC(Br)CCNC(=O)c1nccc2ccccc12. The van der Waals surface area contributed by atoms with E-state index in [2.05, 4.69) is 33.2 Å². The molecule has 0 saturated heterocycles. The number of alkyl halides is 1. The van der Waals surface area contributed by atoms with Gasteiger partial charge in [-0.3, -0.25) is 9.78 Å². The first-order valence-corrected chi connectivity index (χ1v) is 7.40. The minimum atomic E-state index is -0.104. The highest BCUT2D eigenvalue weighted by Gasteiger charge is 2.11. The van der Waals surface area contributed by atoms with E-state index in [1.807, 2.05) is 30.3 Å². The Balaban J connectivity index is 2.09. The molecule has 0 spiro atoms. The molecular weight excluding hydrogens is 304 g/mol. The molecule has 0 aliphatic rings. The van der Waals surface area contributed by atoms with E-state index in [0.29, 0.717) is 17.1 Å². The lowest BCUT2D eigenvalue weighted by Gasteiger charge is -2.09. The van der Waals surface area contributed by atoms with Gasteiger partial charge >= 0.3 is 0 Å². The molecular formula is C15H17BrN2O. The Morgan fingerprint density at radius 3 is 2.95 bits per heavy atom.